The largest absolute Gasteiger partial charge is 0.377 e. The number of hydrogen-bond acceptors (Lipinski definition) is 4. The number of carbonyl (C=O) groups is 1. The molecule has 7 nitrogen and oxygen atoms in total. The highest BCUT2D eigenvalue weighted by atomic mass is 16.5. The lowest BCUT2D eigenvalue weighted by Crippen LogP contribution is -2.43. The number of imidazole rings is 2. The van der Waals surface area contributed by atoms with Crippen molar-refractivity contribution in [1.82, 2.24) is 24.8 Å². The van der Waals surface area contributed by atoms with Crippen LogP contribution in [0.2, 0.25) is 0 Å². The number of carbonyl (C=O) groups excluding carboxylic acids is 1. The molecular formula is C17H19N5O2. The fourth-order valence-corrected chi connectivity index (χ4v) is 3.11. The third-order valence-corrected chi connectivity index (χ3v) is 4.27. The number of hydrogen-bond donors (Lipinski definition) is 2. The SMILES string of the molecule is Cc1cnc([C@H]2COCCN2C(=O)c2ccc3nc(C)[nH]c3c2)[nH]1. The van der Waals surface area contributed by atoms with Gasteiger partial charge in [-0.3, -0.25) is 4.79 Å². The van der Waals surface area contributed by atoms with E-state index < -0.39 is 0 Å². The summed E-state index contributed by atoms with van der Waals surface area (Å²) in [4.78, 5) is 30.0. The third-order valence-electron chi connectivity index (χ3n) is 4.27. The summed E-state index contributed by atoms with van der Waals surface area (Å²) >= 11 is 0. The van der Waals surface area contributed by atoms with Crippen LogP contribution in [-0.4, -0.2) is 50.5 Å². The van der Waals surface area contributed by atoms with Gasteiger partial charge < -0.3 is 19.6 Å². The van der Waals surface area contributed by atoms with E-state index in [0.717, 1.165) is 28.4 Å². The summed E-state index contributed by atoms with van der Waals surface area (Å²) in [6.45, 7) is 5.38. The number of nitrogens with zero attached hydrogens (tertiary/aromatic N) is 3. The smallest absolute Gasteiger partial charge is 0.254 e. The molecule has 4 rings (SSSR count). The van der Waals surface area contributed by atoms with Crippen molar-refractivity contribution in [1.29, 1.82) is 0 Å². The maximum Gasteiger partial charge on any atom is 0.254 e. The van der Waals surface area contributed by atoms with Crippen molar-refractivity contribution >= 4 is 16.9 Å². The third kappa shape index (κ3) is 2.56. The molecule has 2 aromatic heterocycles. The van der Waals surface area contributed by atoms with E-state index in [2.05, 4.69) is 19.9 Å². The Morgan fingerprint density at radius 2 is 2.21 bits per heavy atom. The number of benzene rings is 1. The molecule has 3 heterocycles. The topological polar surface area (TPSA) is 86.9 Å². The molecule has 0 unspecified atom stereocenters. The van der Waals surface area contributed by atoms with Crippen LogP contribution in [0.3, 0.4) is 0 Å². The summed E-state index contributed by atoms with van der Waals surface area (Å²) in [6.07, 6.45) is 1.77. The molecule has 0 bridgehead atoms. The Bertz CT molecular complexity index is 897. The van der Waals surface area contributed by atoms with Gasteiger partial charge in [-0.2, -0.15) is 0 Å². The molecule has 24 heavy (non-hydrogen) atoms. The van der Waals surface area contributed by atoms with Crippen molar-refractivity contribution in [3.63, 3.8) is 0 Å². The van der Waals surface area contributed by atoms with Gasteiger partial charge in [0.1, 0.15) is 17.7 Å². The van der Waals surface area contributed by atoms with Crippen LogP contribution in [0.25, 0.3) is 11.0 Å². The van der Waals surface area contributed by atoms with Crippen LogP contribution in [0, 0.1) is 13.8 Å². The standard InChI is InChI=1S/C17H19N5O2/c1-10-8-18-16(19-10)15-9-24-6-5-22(15)17(23)12-3-4-13-14(7-12)21-11(2)20-13/h3-4,7-8,15H,5-6,9H2,1-2H3,(H,18,19)(H,20,21)/t15-/m1/s1. The summed E-state index contributed by atoms with van der Waals surface area (Å²) in [5, 5.41) is 0. The van der Waals surface area contributed by atoms with Crippen LogP contribution in [0.1, 0.15) is 33.7 Å². The molecule has 7 heteroatoms. The number of nitrogens with one attached hydrogen (secondary N) is 2. The molecule has 1 fully saturated rings. The predicted molar refractivity (Wildman–Crippen MR) is 88.8 cm³/mol. The number of aryl methyl sites for hydroxylation is 2. The average Bonchev–Trinajstić information content (AvgIpc) is 3.18. The number of fused-ring (bicyclic) bond motifs is 1. The Hall–Kier alpha value is -2.67. The second-order valence-electron chi connectivity index (χ2n) is 6.09. The number of rotatable bonds is 2. The van der Waals surface area contributed by atoms with Crippen molar-refractivity contribution in [2.45, 2.75) is 19.9 Å². The van der Waals surface area contributed by atoms with Crippen LogP contribution in [0.15, 0.2) is 24.4 Å². The molecule has 0 radical (unpaired) electrons. The zero-order valence-corrected chi connectivity index (χ0v) is 13.7. The van der Waals surface area contributed by atoms with Gasteiger partial charge in [0.15, 0.2) is 0 Å². The van der Waals surface area contributed by atoms with Gasteiger partial charge in [0.05, 0.1) is 24.2 Å². The lowest BCUT2D eigenvalue weighted by Gasteiger charge is -2.34. The number of H-pyrrole nitrogens is 2. The lowest BCUT2D eigenvalue weighted by atomic mass is 10.1. The Balaban J connectivity index is 1.67. The van der Waals surface area contributed by atoms with Crippen molar-refractivity contribution < 1.29 is 9.53 Å². The Morgan fingerprint density at radius 1 is 1.33 bits per heavy atom. The summed E-state index contributed by atoms with van der Waals surface area (Å²) in [5.74, 6) is 1.58. The van der Waals surface area contributed by atoms with Gasteiger partial charge in [-0.25, -0.2) is 9.97 Å². The number of ether oxygens (including phenoxy) is 1. The average molecular weight is 325 g/mol. The van der Waals surface area contributed by atoms with Crippen molar-refractivity contribution in [3.05, 3.63) is 47.3 Å². The molecule has 124 valence electrons. The predicted octanol–water partition coefficient (Wildman–Crippen LogP) is 2.12. The number of amides is 1. The van der Waals surface area contributed by atoms with E-state index in [1.807, 2.05) is 36.9 Å². The molecule has 2 N–H and O–H groups in total. The number of morpholine rings is 1. The van der Waals surface area contributed by atoms with Crippen molar-refractivity contribution in [2.75, 3.05) is 19.8 Å². The quantitative estimate of drug-likeness (QED) is 0.755. The first-order chi connectivity index (χ1) is 11.6. The van der Waals surface area contributed by atoms with Crippen LogP contribution >= 0.6 is 0 Å². The van der Waals surface area contributed by atoms with Gasteiger partial charge in [0.2, 0.25) is 0 Å². The van der Waals surface area contributed by atoms with E-state index in [1.54, 1.807) is 6.20 Å². The Labute approximate surface area is 139 Å². The molecule has 0 spiro atoms. The van der Waals surface area contributed by atoms with E-state index in [-0.39, 0.29) is 11.9 Å². The minimum atomic E-state index is -0.195. The van der Waals surface area contributed by atoms with Crippen molar-refractivity contribution in [3.8, 4) is 0 Å². The maximum atomic E-state index is 13.0. The minimum absolute atomic E-state index is 0.0218. The lowest BCUT2D eigenvalue weighted by molar-refractivity contribution is -0.00500. The molecule has 0 aliphatic carbocycles. The highest BCUT2D eigenvalue weighted by Gasteiger charge is 2.31. The zero-order valence-electron chi connectivity index (χ0n) is 13.7. The molecule has 1 aromatic carbocycles. The summed E-state index contributed by atoms with van der Waals surface area (Å²) in [5.41, 5.74) is 3.35. The van der Waals surface area contributed by atoms with Gasteiger partial charge >= 0.3 is 0 Å². The normalized spacial score (nSPS) is 18.2. The highest BCUT2D eigenvalue weighted by Crippen LogP contribution is 2.25. The van der Waals surface area contributed by atoms with Crippen LogP contribution < -0.4 is 0 Å². The fourth-order valence-electron chi connectivity index (χ4n) is 3.11. The van der Waals surface area contributed by atoms with Gasteiger partial charge in [0.25, 0.3) is 5.91 Å². The molecule has 3 aromatic rings. The zero-order chi connectivity index (χ0) is 16.7. The Kier molecular flexibility index (Phi) is 3.57. The van der Waals surface area contributed by atoms with Crippen LogP contribution in [0.4, 0.5) is 0 Å². The number of aromatic nitrogens is 4. The molecule has 1 amide bonds. The molecule has 0 saturated carbocycles. The van der Waals surface area contributed by atoms with Crippen LogP contribution in [0.5, 0.6) is 0 Å². The van der Waals surface area contributed by atoms with Gasteiger partial charge in [-0.15, -0.1) is 0 Å². The summed E-state index contributed by atoms with van der Waals surface area (Å²) < 4.78 is 5.57. The number of aromatic amines is 2. The molecule has 1 aliphatic heterocycles. The molecule has 1 saturated heterocycles. The maximum absolute atomic E-state index is 13.0. The minimum Gasteiger partial charge on any atom is -0.377 e. The summed E-state index contributed by atoms with van der Waals surface area (Å²) in [6, 6.07) is 5.36. The molecular weight excluding hydrogens is 306 g/mol. The van der Waals surface area contributed by atoms with Gasteiger partial charge in [-0.05, 0) is 32.0 Å². The first kappa shape index (κ1) is 14.9. The van der Waals surface area contributed by atoms with E-state index in [4.69, 9.17) is 4.74 Å². The molecule has 1 atom stereocenters. The van der Waals surface area contributed by atoms with E-state index in [1.165, 1.54) is 0 Å². The first-order valence-corrected chi connectivity index (χ1v) is 7.98. The monoisotopic (exact) mass is 325 g/mol. The van der Waals surface area contributed by atoms with Crippen LogP contribution in [-0.2, 0) is 4.74 Å². The second kappa shape index (κ2) is 5.76. The second-order valence-corrected chi connectivity index (χ2v) is 6.09. The van der Waals surface area contributed by atoms with E-state index >= 15 is 0 Å². The van der Waals surface area contributed by atoms with Crippen molar-refractivity contribution in [2.24, 2.45) is 0 Å². The molecule has 1 aliphatic rings. The van der Waals surface area contributed by atoms with E-state index in [9.17, 15) is 4.79 Å². The fraction of sp³-hybridized carbons (Fsp3) is 0.353. The van der Waals surface area contributed by atoms with Gasteiger partial charge in [-0.1, -0.05) is 0 Å². The highest BCUT2D eigenvalue weighted by molar-refractivity contribution is 5.97. The van der Waals surface area contributed by atoms with E-state index in [0.29, 0.717) is 25.3 Å². The first-order valence-electron chi connectivity index (χ1n) is 7.98. The van der Waals surface area contributed by atoms with Gasteiger partial charge in [0, 0.05) is 24.0 Å². The Morgan fingerprint density at radius 3 is 3.00 bits per heavy atom. The summed E-state index contributed by atoms with van der Waals surface area (Å²) in [7, 11) is 0.